The Morgan fingerprint density at radius 2 is 2.06 bits per heavy atom. The number of halogens is 1. The number of aromatic nitrogens is 2. The summed E-state index contributed by atoms with van der Waals surface area (Å²) in [5.74, 6) is 0. The summed E-state index contributed by atoms with van der Waals surface area (Å²) in [6, 6.07) is 7.22. The minimum atomic E-state index is -0.925. The van der Waals surface area contributed by atoms with Gasteiger partial charge < -0.3 is 9.67 Å². The molecule has 0 saturated heterocycles. The molecule has 0 fully saturated rings. The van der Waals surface area contributed by atoms with Gasteiger partial charge in [0.2, 0.25) is 0 Å². The summed E-state index contributed by atoms with van der Waals surface area (Å²) in [4.78, 5) is 3.94. The highest BCUT2D eigenvalue weighted by Crippen LogP contribution is 2.24. The van der Waals surface area contributed by atoms with Crippen molar-refractivity contribution in [1.29, 1.82) is 0 Å². The zero-order valence-electron chi connectivity index (χ0n) is 8.97. The summed E-state index contributed by atoms with van der Waals surface area (Å²) in [6.07, 6.45) is 5.20. The third-order valence-electron chi connectivity index (χ3n) is 2.52. The molecule has 3 nitrogen and oxygen atoms in total. The maximum Gasteiger partial charge on any atom is 0.105 e. The van der Waals surface area contributed by atoms with Crippen molar-refractivity contribution in [2.75, 3.05) is 0 Å². The molecule has 1 aromatic carbocycles. The second-order valence-electron chi connectivity index (χ2n) is 4.02. The molecule has 4 heteroatoms. The van der Waals surface area contributed by atoms with E-state index in [1.54, 1.807) is 31.6 Å². The van der Waals surface area contributed by atoms with Crippen LogP contribution in [0.4, 0.5) is 0 Å². The van der Waals surface area contributed by atoms with Crippen molar-refractivity contribution < 1.29 is 5.11 Å². The van der Waals surface area contributed by atoms with Crippen LogP contribution in [0, 0.1) is 0 Å². The lowest BCUT2D eigenvalue weighted by atomic mass is 9.96. The Hall–Kier alpha value is -1.32. The number of hydrogen-bond donors (Lipinski definition) is 1. The first kappa shape index (κ1) is 11.2. The Morgan fingerprint density at radius 1 is 1.38 bits per heavy atom. The minimum absolute atomic E-state index is 0.467. The van der Waals surface area contributed by atoms with Gasteiger partial charge in [0.25, 0.3) is 0 Å². The van der Waals surface area contributed by atoms with Gasteiger partial charge in [0.1, 0.15) is 5.60 Å². The number of nitrogens with zero attached hydrogens (tertiary/aromatic N) is 2. The maximum atomic E-state index is 10.4. The second-order valence-corrected chi connectivity index (χ2v) is 4.45. The summed E-state index contributed by atoms with van der Waals surface area (Å²) >= 11 is 5.81. The largest absolute Gasteiger partial charge is 0.384 e. The van der Waals surface area contributed by atoms with E-state index in [9.17, 15) is 5.11 Å². The zero-order valence-corrected chi connectivity index (χ0v) is 9.72. The molecule has 2 rings (SSSR count). The van der Waals surface area contributed by atoms with Crippen molar-refractivity contribution in [3.63, 3.8) is 0 Å². The maximum absolute atomic E-state index is 10.4. The fraction of sp³-hybridized carbons (Fsp3) is 0.250. The molecule has 16 heavy (non-hydrogen) atoms. The fourth-order valence-electron chi connectivity index (χ4n) is 1.64. The van der Waals surface area contributed by atoms with Crippen LogP contribution >= 0.6 is 11.6 Å². The highest BCUT2D eigenvalue weighted by molar-refractivity contribution is 6.30. The summed E-state index contributed by atoms with van der Waals surface area (Å²) < 4.78 is 1.84. The molecule has 84 valence electrons. The molecule has 0 bridgehead atoms. The number of imidazole rings is 1. The second kappa shape index (κ2) is 4.28. The molecule has 0 radical (unpaired) electrons. The van der Waals surface area contributed by atoms with E-state index in [2.05, 4.69) is 4.98 Å². The highest BCUT2D eigenvalue weighted by atomic mass is 35.5. The molecule has 0 aliphatic heterocycles. The molecule has 0 aliphatic carbocycles. The Bertz CT molecular complexity index is 448. The summed E-state index contributed by atoms with van der Waals surface area (Å²) in [5.41, 5.74) is -0.0868. The Balaban J connectivity index is 2.21. The smallest absolute Gasteiger partial charge is 0.105 e. The molecule has 2 aromatic rings. The lowest BCUT2D eigenvalue weighted by molar-refractivity contribution is 0.0382. The average Bonchev–Trinajstić information content (AvgIpc) is 2.70. The van der Waals surface area contributed by atoms with Crippen molar-refractivity contribution in [1.82, 2.24) is 9.55 Å². The number of benzene rings is 1. The quantitative estimate of drug-likeness (QED) is 0.889. The van der Waals surface area contributed by atoms with Crippen molar-refractivity contribution in [3.8, 4) is 0 Å². The molecule has 1 N–H and O–H groups in total. The van der Waals surface area contributed by atoms with E-state index in [0.29, 0.717) is 11.6 Å². The molecule has 0 amide bonds. The molecular weight excluding hydrogens is 224 g/mol. The van der Waals surface area contributed by atoms with Gasteiger partial charge in [0, 0.05) is 17.4 Å². The normalized spacial score (nSPS) is 14.7. The Morgan fingerprint density at radius 3 is 2.62 bits per heavy atom. The van der Waals surface area contributed by atoms with Gasteiger partial charge in [-0.3, -0.25) is 0 Å². The van der Waals surface area contributed by atoms with Gasteiger partial charge in [0.15, 0.2) is 0 Å². The number of hydrogen-bond acceptors (Lipinski definition) is 2. The zero-order chi connectivity index (χ0) is 11.6. The topological polar surface area (TPSA) is 38.0 Å². The lowest BCUT2D eigenvalue weighted by Gasteiger charge is -2.24. The molecule has 0 saturated carbocycles. The van der Waals surface area contributed by atoms with E-state index in [4.69, 9.17) is 11.6 Å². The van der Waals surface area contributed by atoms with Gasteiger partial charge in [-0.2, -0.15) is 0 Å². The summed E-state index contributed by atoms with van der Waals surface area (Å²) in [6.45, 7) is 2.24. The Labute approximate surface area is 99.3 Å². The first-order valence-corrected chi connectivity index (χ1v) is 5.40. The molecule has 1 aromatic heterocycles. The van der Waals surface area contributed by atoms with Crippen LogP contribution in [0.5, 0.6) is 0 Å². The SMILES string of the molecule is CC(O)(Cn1ccnc1)c1ccc(Cl)cc1. The lowest BCUT2D eigenvalue weighted by Crippen LogP contribution is -2.27. The van der Waals surface area contributed by atoms with Gasteiger partial charge in [-0.25, -0.2) is 4.98 Å². The van der Waals surface area contributed by atoms with E-state index in [0.717, 1.165) is 5.56 Å². The molecule has 0 aliphatic rings. The van der Waals surface area contributed by atoms with Crippen molar-refractivity contribution in [3.05, 3.63) is 53.6 Å². The van der Waals surface area contributed by atoms with Crippen LogP contribution in [0.2, 0.25) is 5.02 Å². The highest BCUT2D eigenvalue weighted by Gasteiger charge is 2.23. The average molecular weight is 237 g/mol. The minimum Gasteiger partial charge on any atom is -0.384 e. The molecular formula is C12H13ClN2O. The monoisotopic (exact) mass is 236 g/mol. The van der Waals surface area contributed by atoms with Gasteiger partial charge >= 0.3 is 0 Å². The van der Waals surface area contributed by atoms with Crippen LogP contribution in [-0.2, 0) is 12.1 Å². The first-order chi connectivity index (χ1) is 7.58. The standard InChI is InChI=1S/C12H13ClN2O/c1-12(16,8-15-7-6-14-9-15)10-2-4-11(13)5-3-10/h2-7,9,16H,8H2,1H3. The van der Waals surface area contributed by atoms with Crippen molar-refractivity contribution in [2.45, 2.75) is 19.1 Å². The van der Waals surface area contributed by atoms with Gasteiger partial charge in [-0.05, 0) is 24.6 Å². The van der Waals surface area contributed by atoms with E-state index < -0.39 is 5.60 Å². The van der Waals surface area contributed by atoms with Crippen molar-refractivity contribution in [2.24, 2.45) is 0 Å². The van der Waals surface area contributed by atoms with Gasteiger partial charge in [0.05, 0.1) is 12.9 Å². The van der Waals surface area contributed by atoms with E-state index in [1.165, 1.54) is 0 Å². The molecule has 1 unspecified atom stereocenters. The fourth-order valence-corrected chi connectivity index (χ4v) is 1.76. The predicted molar refractivity (Wildman–Crippen MR) is 63.2 cm³/mol. The third kappa shape index (κ3) is 2.43. The number of rotatable bonds is 3. The predicted octanol–water partition coefficient (Wildman–Crippen LogP) is 2.44. The molecule has 0 spiro atoms. The van der Waals surface area contributed by atoms with Gasteiger partial charge in [-0.15, -0.1) is 0 Å². The van der Waals surface area contributed by atoms with Crippen LogP contribution in [0.1, 0.15) is 12.5 Å². The van der Waals surface area contributed by atoms with Gasteiger partial charge in [-0.1, -0.05) is 23.7 Å². The third-order valence-corrected chi connectivity index (χ3v) is 2.77. The summed E-state index contributed by atoms with van der Waals surface area (Å²) in [5, 5.41) is 11.0. The van der Waals surface area contributed by atoms with E-state index in [1.807, 2.05) is 22.9 Å². The van der Waals surface area contributed by atoms with Crippen LogP contribution in [0.25, 0.3) is 0 Å². The van der Waals surface area contributed by atoms with Crippen LogP contribution < -0.4 is 0 Å². The first-order valence-electron chi connectivity index (χ1n) is 5.02. The van der Waals surface area contributed by atoms with Crippen LogP contribution in [0.15, 0.2) is 43.0 Å². The molecule has 1 atom stereocenters. The van der Waals surface area contributed by atoms with E-state index >= 15 is 0 Å². The number of aliphatic hydroxyl groups is 1. The van der Waals surface area contributed by atoms with Crippen LogP contribution in [0.3, 0.4) is 0 Å². The van der Waals surface area contributed by atoms with Crippen molar-refractivity contribution >= 4 is 11.6 Å². The molecule has 1 heterocycles. The van der Waals surface area contributed by atoms with E-state index in [-0.39, 0.29) is 0 Å². The van der Waals surface area contributed by atoms with Crippen LogP contribution in [-0.4, -0.2) is 14.7 Å². The Kier molecular flexibility index (Phi) is 2.99. The summed E-state index contributed by atoms with van der Waals surface area (Å²) in [7, 11) is 0.